The van der Waals surface area contributed by atoms with E-state index in [-0.39, 0.29) is 18.2 Å². The van der Waals surface area contributed by atoms with Gasteiger partial charge in [-0.15, -0.1) is 0 Å². The number of aryl methyl sites for hydroxylation is 1. The van der Waals surface area contributed by atoms with Crippen LogP contribution < -0.4 is 10.6 Å². The molecule has 0 aliphatic heterocycles. The zero-order valence-corrected chi connectivity index (χ0v) is 15.1. The third-order valence-electron chi connectivity index (χ3n) is 4.00. The Hall–Kier alpha value is -2.37. The Kier molecular flexibility index (Phi) is 8.67. The van der Waals surface area contributed by atoms with E-state index in [9.17, 15) is 19.5 Å². The number of aliphatic carboxylic acids is 1. The summed E-state index contributed by atoms with van der Waals surface area (Å²) in [4.78, 5) is 35.5. The predicted molar refractivity (Wildman–Crippen MR) is 96.0 cm³/mol. The van der Waals surface area contributed by atoms with Crippen LogP contribution in [0, 0.1) is 11.8 Å². The van der Waals surface area contributed by atoms with Gasteiger partial charge in [-0.3, -0.25) is 14.4 Å². The highest BCUT2D eigenvalue weighted by Crippen LogP contribution is 2.16. The zero-order valence-electron chi connectivity index (χ0n) is 15.1. The van der Waals surface area contributed by atoms with Crippen LogP contribution in [-0.2, 0) is 20.8 Å². The van der Waals surface area contributed by atoms with Crippen molar-refractivity contribution in [3.05, 3.63) is 35.9 Å². The summed E-state index contributed by atoms with van der Waals surface area (Å²) < 4.78 is 0. The van der Waals surface area contributed by atoms with E-state index in [4.69, 9.17) is 0 Å². The molecule has 0 aliphatic carbocycles. The SMILES string of the molecule is CNC(=O)C(CCc1ccccc1)NC(=O)CC(CC(C)C)C(=O)O. The van der Waals surface area contributed by atoms with Gasteiger partial charge in [0.25, 0.3) is 0 Å². The lowest BCUT2D eigenvalue weighted by Crippen LogP contribution is -2.46. The molecule has 0 spiro atoms. The van der Waals surface area contributed by atoms with Crippen molar-refractivity contribution in [1.82, 2.24) is 10.6 Å². The van der Waals surface area contributed by atoms with Gasteiger partial charge in [0.2, 0.25) is 11.8 Å². The van der Waals surface area contributed by atoms with Gasteiger partial charge in [0.15, 0.2) is 0 Å². The highest BCUT2D eigenvalue weighted by molar-refractivity contribution is 5.89. The molecule has 25 heavy (non-hydrogen) atoms. The number of hydrogen-bond donors (Lipinski definition) is 3. The monoisotopic (exact) mass is 348 g/mol. The summed E-state index contributed by atoms with van der Waals surface area (Å²) in [5.41, 5.74) is 1.08. The normalized spacial score (nSPS) is 13.1. The van der Waals surface area contributed by atoms with E-state index in [0.29, 0.717) is 19.3 Å². The number of carboxylic acid groups (broad SMARTS) is 1. The van der Waals surface area contributed by atoms with Crippen LogP contribution in [0.15, 0.2) is 30.3 Å². The molecular weight excluding hydrogens is 320 g/mol. The van der Waals surface area contributed by atoms with Gasteiger partial charge >= 0.3 is 5.97 Å². The molecule has 6 nitrogen and oxygen atoms in total. The number of likely N-dealkylation sites (N-methyl/N-ethyl adjacent to an activating group) is 1. The average Bonchev–Trinajstić information content (AvgIpc) is 2.57. The standard InChI is InChI=1S/C19H28N2O4/c1-13(2)11-15(19(24)25)12-17(22)21-16(18(23)20-3)10-9-14-7-5-4-6-8-14/h4-8,13,15-16H,9-12H2,1-3H3,(H,20,23)(H,21,22)(H,24,25). The Morgan fingerprint density at radius 1 is 1.12 bits per heavy atom. The molecule has 0 saturated carbocycles. The van der Waals surface area contributed by atoms with Gasteiger partial charge in [0, 0.05) is 13.5 Å². The molecule has 2 amide bonds. The summed E-state index contributed by atoms with van der Waals surface area (Å²) in [7, 11) is 1.52. The second-order valence-electron chi connectivity index (χ2n) is 6.63. The molecule has 0 bridgehead atoms. The molecule has 0 aromatic heterocycles. The van der Waals surface area contributed by atoms with Gasteiger partial charge in [-0.1, -0.05) is 44.2 Å². The molecule has 1 rings (SSSR count). The number of carbonyl (C=O) groups excluding carboxylic acids is 2. The largest absolute Gasteiger partial charge is 0.481 e. The first-order chi connectivity index (χ1) is 11.8. The number of benzene rings is 1. The van der Waals surface area contributed by atoms with Gasteiger partial charge in [0.1, 0.15) is 6.04 Å². The van der Waals surface area contributed by atoms with Crippen LogP contribution in [0.2, 0.25) is 0 Å². The number of nitrogens with one attached hydrogen (secondary N) is 2. The molecule has 0 radical (unpaired) electrons. The van der Waals surface area contributed by atoms with Crippen molar-refractivity contribution in [3.63, 3.8) is 0 Å². The van der Waals surface area contributed by atoms with E-state index in [1.807, 2.05) is 44.2 Å². The predicted octanol–water partition coefficient (Wildman–Crippen LogP) is 1.99. The second kappa shape index (κ2) is 10.5. The Morgan fingerprint density at radius 2 is 1.76 bits per heavy atom. The number of carboxylic acids is 1. The van der Waals surface area contributed by atoms with Crippen LogP contribution >= 0.6 is 0 Å². The molecule has 0 fully saturated rings. The fraction of sp³-hybridized carbons (Fsp3) is 0.526. The number of amides is 2. The fourth-order valence-electron chi connectivity index (χ4n) is 2.72. The molecular formula is C19H28N2O4. The maximum atomic E-state index is 12.2. The summed E-state index contributed by atoms with van der Waals surface area (Å²) in [5, 5.41) is 14.5. The van der Waals surface area contributed by atoms with E-state index in [2.05, 4.69) is 10.6 Å². The van der Waals surface area contributed by atoms with Crippen molar-refractivity contribution in [2.75, 3.05) is 7.05 Å². The molecule has 0 saturated heterocycles. The first kappa shape index (κ1) is 20.7. The van der Waals surface area contributed by atoms with Crippen molar-refractivity contribution < 1.29 is 19.5 Å². The summed E-state index contributed by atoms with van der Waals surface area (Å²) in [6.45, 7) is 3.84. The maximum absolute atomic E-state index is 12.2. The van der Waals surface area contributed by atoms with Crippen molar-refractivity contribution >= 4 is 17.8 Å². The molecule has 1 aromatic carbocycles. The maximum Gasteiger partial charge on any atom is 0.307 e. The Bertz CT molecular complexity index is 572. The smallest absolute Gasteiger partial charge is 0.307 e. The van der Waals surface area contributed by atoms with Gasteiger partial charge in [-0.25, -0.2) is 0 Å². The number of carbonyl (C=O) groups is 3. The van der Waals surface area contributed by atoms with Crippen molar-refractivity contribution in [2.45, 2.75) is 45.6 Å². The van der Waals surface area contributed by atoms with Crippen LogP contribution in [0.25, 0.3) is 0 Å². The average molecular weight is 348 g/mol. The lowest BCUT2D eigenvalue weighted by Gasteiger charge is -2.19. The van der Waals surface area contributed by atoms with Crippen LogP contribution in [0.3, 0.4) is 0 Å². The highest BCUT2D eigenvalue weighted by atomic mass is 16.4. The third-order valence-corrected chi connectivity index (χ3v) is 4.00. The van der Waals surface area contributed by atoms with Crippen LogP contribution in [0.5, 0.6) is 0 Å². The molecule has 138 valence electrons. The van der Waals surface area contributed by atoms with Gasteiger partial charge in [0.05, 0.1) is 5.92 Å². The van der Waals surface area contributed by atoms with Crippen molar-refractivity contribution in [3.8, 4) is 0 Å². The fourth-order valence-corrected chi connectivity index (χ4v) is 2.72. The van der Waals surface area contributed by atoms with E-state index >= 15 is 0 Å². The summed E-state index contributed by atoms with van der Waals surface area (Å²) in [5.74, 6) is -2.22. The summed E-state index contributed by atoms with van der Waals surface area (Å²) >= 11 is 0. The van der Waals surface area contributed by atoms with Crippen molar-refractivity contribution in [1.29, 1.82) is 0 Å². The van der Waals surface area contributed by atoms with E-state index < -0.39 is 23.8 Å². The molecule has 1 aromatic rings. The molecule has 2 unspecified atom stereocenters. The molecule has 0 heterocycles. The Morgan fingerprint density at radius 3 is 2.28 bits per heavy atom. The molecule has 0 aliphatic rings. The number of rotatable bonds is 10. The molecule has 2 atom stereocenters. The third kappa shape index (κ3) is 7.83. The van der Waals surface area contributed by atoms with Crippen LogP contribution in [-0.4, -0.2) is 36.0 Å². The summed E-state index contributed by atoms with van der Waals surface area (Å²) in [6, 6.07) is 9.02. The van der Waals surface area contributed by atoms with E-state index in [1.54, 1.807) is 0 Å². The minimum atomic E-state index is -0.982. The van der Waals surface area contributed by atoms with Crippen LogP contribution in [0.1, 0.15) is 38.7 Å². The summed E-state index contributed by atoms with van der Waals surface area (Å²) in [6.07, 6.45) is 1.41. The minimum Gasteiger partial charge on any atom is -0.481 e. The van der Waals surface area contributed by atoms with E-state index in [0.717, 1.165) is 5.56 Å². The van der Waals surface area contributed by atoms with Gasteiger partial charge in [-0.05, 0) is 30.7 Å². The van der Waals surface area contributed by atoms with Crippen LogP contribution in [0.4, 0.5) is 0 Å². The Balaban J connectivity index is 2.65. The highest BCUT2D eigenvalue weighted by Gasteiger charge is 2.25. The molecule has 6 heteroatoms. The van der Waals surface area contributed by atoms with Gasteiger partial charge < -0.3 is 15.7 Å². The second-order valence-corrected chi connectivity index (χ2v) is 6.63. The van der Waals surface area contributed by atoms with Crippen molar-refractivity contribution in [2.24, 2.45) is 11.8 Å². The zero-order chi connectivity index (χ0) is 18.8. The molecule has 3 N–H and O–H groups in total. The first-order valence-electron chi connectivity index (χ1n) is 8.61. The van der Waals surface area contributed by atoms with E-state index in [1.165, 1.54) is 7.05 Å². The Labute approximate surface area is 149 Å². The lowest BCUT2D eigenvalue weighted by molar-refractivity contribution is -0.144. The number of hydrogen-bond acceptors (Lipinski definition) is 3. The first-order valence-corrected chi connectivity index (χ1v) is 8.61. The lowest BCUT2D eigenvalue weighted by atomic mass is 9.93. The van der Waals surface area contributed by atoms with Gasteiger partial charge in [-0.2, -0.15) is 0 Å². The quantitative estimate of drug-likeness (QED) is 0.602. The topological polar surface area (TPSA) is 95.5 Å². The minimum absolute atomic E-state index is 0.119.